The van der Waals surface area contributed by atoms with Gasteiger partial charge in [-0.1, -0.05) is 0 Å². The van der Waals surface area contributed by atoms with Gasteiger partial charge in [-0.25, -0.2) is 4.98 Å². The van der Waals surface area contributed by atoms with Gasteiger partial charge in [-0.3, -0.25) is 9.25 Å². The van der Waals surface area contributed by atoms with E-state index in [-0.39, 0.29) is 0 Å². The molecule has 5 nitrogen and oxygen atoms in total. The lowest BCUT2D eigenvalue weighted by Gasteiger charge is -2.01. The summed E-state index contributed by atoms with van der Waals surface area (Å²) in [6.45, 7) is 4.67. The van der Waals surface area contributed by atoms with Crippen LogP contribution in [0.15, 0.2) is 5.38 Å². The quantitative estimate of drug-likeness (QED) is 0.733. The van der Waals surface area contributed by atoms with E-state index in [1.54, 1.807) is 11.3 Å². The van der Waals surface area contributed by atoms with Gasteiger partial charge < -0.3 is 4.98 Å². The molecule has 0 aliphatic carbocycles. The molecule has 3 heterocycles. The summed E-state index contributed by atoms with van der Waals surface area (Å²) in [5.41, 5.74) is 4.04. The van der Waals surface area contributed by atoms with Gasteiger partial charge in [0.2, 0.25) is 0 Å². The number of hydrogen-bond acceptors (Lipinski definition) is 4. The Morgan fingerprint density at radius 3 is 2.89 bits per heavy atom. The second kappa shape index (κ2) is 4.03. The van der Waals surface area contributed by atoms with Crippen molar-refractivity contribution in [2.45, 2.75) is 20.4 Å². The molecule has 94 valence electrons. The number of nitrogens with zero attached hydrogens (tertiary/aromatic N) is 4. The number of thiazole rings is 1. The molecule has 0 atom stereocenters. The lowest BCUT2D eigenvalue weighted by molar-refractivity contribution is 0.712. The maximum atomic E-state index is 5.37. The zero-order chi connectivity index (χ0) is 12.9. The molecule has 0 saturated heterocycles. The van der Waals surface area contributed by atoms with Crippen LogP contribution in [0, 0.1) is 18.6 Å². The summed E-state index contributed by atoms with van der Waals surface area (Å²) in [7, 11) is 1.93. The summed E-state index contributed by atoms with van der Waals surface area (Å²) in [5, 5.41) is 7.51. The average molecular weight is 279 g/mol. The number of imidazole rings is 1. The van der Waals surface area contributed by atoms with Gasteiger partial charge in [0.1, 0.15) is 10.5 Å². The highest BCUT2D eigenvalue weighted by molar-refractivity contribution is 7.71. The summed E-state index contributed by atoms with van der Waals surface area (Å²) in [4.78, 5) is 7.69. The predicted molar refractivity (Wildman–Crippen MR) is 74.6 cm³/mol. The van der Waals surface area contributed by atoms with Gasteiger partial charge in [-0.15, -0.1) is 11.3 Å². The Labute approximate surface area is 113 Å². The van der Waals surface area contributed by atoms with Crippen molar-refractivity contribution in [1.29, 1.82) is 0 Å². The fourth-order valence-corrected chi connectivity index (χ4v) is 3.14. The number of rotatable bonds is 2. The monoisotopic (exact) mass is 279 g/mol. The van der Waals surface area contributed by atoms with Crippen molar-refractivity contribution in [3.05, 3.63) is 26.5 Å². The number of fused-ring (bicyclic) bond motifs is 1. The first-order chi connectivity index (χ1) is 8.56. The van der Waals surface area contributed by atoms with Crippen molar-refractivity contribution in [2.24, 2.45) is 7.05 Å². The molecule has 0 aliphatic heterocycles. The van der Waals surface area contributed by atoms with Gasteiger partial charge in [0.25, 0.3) is 0 Å². The standard InChI is InChI=1S/C11H13N5S2/c1-6-5-18-8(12-6)4-16-10-9(13-11(16)17)7(2)14-15(10)3/h5H,4H2,1-3H3,(H,13,17). The first-order valence-electron chi connectivity index (χ1n) is 5.59. The average Bonchev–Trinajstić information content (AvgIpc) is 2.91. The van der Waals surface area contributed by atoms with E-state index in [4.69, 9.17) is 12.2 Å². The van der Waals surface area contributed by atoms with Crippen LogP contribution in [0.5, 0.6) is 0 Å². The topological polar surface area (TPSA) is 51.4 Å². The Balaban J connectivity index is 2.16. The van der Waals surface area contributed by atoms with Gasteiger partial charge in [0.15, 0.2) is 10.4 Å². The number of H-pyrrole nitrogens is 1. The van der Waals surface area contributed by atoms with Crippen molar-refractivity contribution in [1.82, 2.24) is 24.3 Å². The lowest BCUT2D eigenvalue weighted by Crippen LogP contribution is -2.04. The van der Waals surface area contributed by atoms with Crippen LogP contribution in [-0.4, -0.2) is 24.3 Å². The van der Waals surface area contributed by atoms with Crippen molar-refractivity contribution >= 4 is 34.7 Å². The van der Waals surface area contributed by atoms with Gasteiger partial charge >= 0.3 is 0 Å². The number of aromatic amines is 1. The molecule has 0 fully saturated rings. The third kappa shape index (κ3) is 1.70. The fraction of sp³-hybridized carbons (Fsp3) is 0.364. The molecule has 0 unspecified atom stereocenters. The third-order valence-corrected chi connectivity index (χ3v) is 4.16. The van der Waals surface area contributed by atoms with E-state index in [2.05, 4.69) is 20.4 Å². The summed E-state index contributed by atoms with van der Waals surface area (Å²) < 4.78 is 4.62. The number of aromatic nitrogens is 5. The third-order valence-electron chi connectivity index (χ3n) is 2.88. The first-order valence-corrected chi connectivity index (χ1v) is 6.88. The smallest absolute Gasteiger partial charge is 0.179 e. The Bertz CT molecular complexity index is 773. The summed E-state index contributed by atoms with van der Waals surface area (Å²) in [6.07, 6.45) is 0. The highest BCUT2D eigenvalue weighted by Crippen LogP contribution is 2.19. The molecule has 0 saturated carbocycles. The molecule has 18 heavy (non-hydrogen) atoms. The van der Waals surface area contributed by atoms with E-state index >= 15 is 0 Å². The predicted octanol–water partition coefficient (Wildman–Crippen LogP) is 2.55. The van der Waals surface area contributed by atoms with E-state index in [9.17, 15) is 0 Å². The Hall–Kier alpha value is -1.47. The minimum atomic E-state index is 0.691. The molecule has 0 aliphatic rings. The van der Waals surface area contributed by atoms with E-state index in [0.29, 0.717) is 11.3 Å². The number of aryl methyl sites for hydroxylation is 3. The molecule has 0 amide bonds. The van der Waals surface area contributed by atoms with E-state index < -0.39 is 0 Å². The molecule has 0 aromatic carbocycles. The van der Waals surface area contributed by atoms with E-state index in [1.165, 1.54) is 0 Å². The van der Waals surface area contributed by atoms with Crippen LogP contribution in [0.2, 0.25) is 0 Å². The Kier molecular flexibility index (Phi) is 2.60. The molecule has 7 heteroatoms. The normalized spacial score (nSPS) is 11.5. The van der Waals surface area contributed by atoms with Crippen molar-refractivity contribution in [3.63, 3.8) is 0 Å². The number of nitrogens with one attached hydrogen (secondary N) is 1. The van der Waals surface area contributed by atoms with Gasteiger partial charge in [-0.05, 0) is 26.1 Å². The van der Waals surface area contributed by atoms with Gasteiger partial charge in [-0.2, -0.15) is 5.10 Å². The lowest BCUT2D eigenvalue weighted by atomic mass is 10.4. The SMILES string of the molecule is Cc1csc(Cn2c(=S)[nH]c3c(C)nn(C)c32)n1. The molecule has 1 N–H and O–H groups in total. The van der Waals surface area contributed by atoms with Crippen LogP contribution in [0.4, 0.5) is 0 Å². The minimum absolute atomic E-state index is 0.691. The molecule has 3 aromatic heterocycles. The second-order valence-corrected chi connectivity index (χ2v) is 5.64. The molecule has 3 rings (SSSR count). The van der Waals surface area contributed by atoms with E-state index in [1.807, 2.05) is 30.1 Å². The first kappa shape index (κ1) is 11.6. The summed E-state index contributed by atoms with van der Waals surface area (Å²) in [5.74, 6) is 0. The van der Waals surface area contributed by atoms with Gasteiger partial charge in [0.05, 0.1) is 12.2 Å². The highest BCUT2D eigenvalue weighted by atomic mass is 32.1. The molecule has 0 bridgehead atoms. The van der Waals surface area contributed by atoms with Crippen molar-refractivity contribution < 1.29 is 0 Å². The minimum Gasteiger partial charge on any atom is -0.328 e. The van der Waals surface area contributed by atoms with Crippen molar-refractivity contribution in [3.8, 4) is 0 Å². The van der Waals surface area contributed by atoms with E-state index in [0.717, 1.165) is 27.6 Å². The number of hydrogen-bond donors (Lipinski definition) is 1. The Morgan fingerprint density at radius 2 is 2.22 bits per heavy atom. The van der Waals surface area contributed by atoms with Crippen molar-refractivity contribution in [2.75, 3.05) is 0 Å². The fourth-order valence-electron chi connectivity index (χ4n) is 2.13. The maximum absolute atomic E-state index is 5.37. The van der Waals surface area contributed by atoms with Crippen LogP contribution < -0.4 is 0 Å². The largest absolute Gasteiger partial charge is 0.328 e. The highest BCUT2D eigenvalue weighted by Gasteiger charge is 2.13. The summed E-state index contributed by atoms with van der Waals surface area (Å²) in [6, 6.07) is 0. The van der Waals surface area contributed by atoms with Crippen LogP contribution in [0.25, 0.3) is 11.2 Å². The van der Waals surface area contributed by atoms with Crippen LogP contribution in [0.1, 0.15) is 16.4 Å². The molecule has 3 aromatic rings. The molecule has 0 radical (unpaired) electrons. The molecule has 0 spiro atoms. The molecular weight excluding hydrogens is 266 g/mol. The summed E-state index contributed by atoms with van der Waals surface area (Å²) >= 11 is 7.03. The Morgan fingerprint density at radius 1 is 1.44 bits per heavy atom. The zero-order valence-corrected chi connectivity index (χ0v) is 12.0. The molecular formula is C11H13N5S2. The maximum Gasteiger partial charge on any atom is 0.179 e. The van der Waals surface area contributed by atoms with Crippen LogP contribution in [0.3, 0.4) is 0 Å². The van der Waals surface area contributed by atoms with Gasteiger partial charge in [0, 0.05) is 18.1 Å². The second-order valence-electron chi connectivity index (χ2n) is 4.31. The van der Waals surface area contributed by atoms with Crippen LogP contribution >= 0.6 is 23.6 Å². The van der Waals surface area contributed by atoms with Crippen LogP contribution in [-0.2, 0) is 13.6 Å². The zero-order valence-electron chi connectivity index (χ0n) is 10.4.